The molecule has 2 heterocycles. The van der Waals surface area contributed by atoms with Crippen LogP contribution >= 0.6 is 11.6 Å². The van der Waals surface area contributed by atoms with Crippen LogP contribution in [0, 0.1) is 13.8 Å². The number of carbonyl (C=O) groups excluding carboxylic acids is 2. The fourth-order valence-electron chi connectivity index (χ4n) is 4.86. The highest BCUT2D eigenvalue weighted by Crippen LogP contribution is 2.21. The number of rotatable bonds is 9. The number of carbonyl (C=O) groups is 2. The molecule has 1 amide bonds. The van der Waals surface area contributed by atoms with Gasteiger partial charge in [0.1, 0.15) is 12.6 Å². The Bertz CT molecular complexity index is 1520. The van der Waals surface area contributed by atoms with E-state index in [-0.39, 0.29) is 18.6 Å². The average Bonchev–Trinajstić information content (AvgIpc) is 2.96. The highest BCUT2D eigenvalue weighted by Gasteiger charge is 2.26. The van der Waals surface area contributed by atoms with Crippen LogP contribution in [0.2, 0.25) is 5.02 Å². The molecule has 1 aromatic heterocycles. The number of amides is 1. The van der Waals surface area contributed by atoms with Gasteiger partial charge < -0.3 is 19.4 Å². The molecule has 0 radical (unpaired) electrons. The summed E-state index contributed by atoms with van der Waals surface area (Å²) < 4.78 is 13.5. The van der Waals surface area contributed by atoms with Crippen molar-refractivity contribution in [3.8, 4) is 11.1 Å². The predicted octanol–water partition coefficient (Wildman–Crippen LogP) is 2.24. The summed E-state index contributed by atoms with van der Waals surface area (Å²) in [5, 5.41) is 3.11. The summed E-state index contributed by atoms with van der Waals surface area (Å²) in [6, 6.07) is 11.3. The Morgan fingerprint density at radius 1 is 1.02 bits per heavy atom. The minimum atomic E-state index is -0.971. The molecule has 0 bridgehead atoms. The van der Waals surface area contributed by atoms with Crippen molar-refractivity contribution in [3.63, 3.8) is 0 Å². The number of morpholine rings is 1. The molecule has 1 atom stereocenters. The largest absolute Gasteiger partial charge is 0.463 e. The molecule has 11 heteroatoms. The summed E-state index contributed by atoms with van der Waals surface area (Å²) in [6.07, 6.45) is 0.163. The summed E-state index contributed by atoms with van der Waals surface area (Å²) in [5.41, 5.74) is 2.57. The molecule has 2 aromatic carbocycles. The van der Waals surface area contributed by atoms with E-state index in [1.807, 2.05) is 0 Å². The number of halogens is 1. The van der Waals surface area contributed by atoms with Gasteiger partial charge in [-0.3, -0.25) is 19.1 Å². The quantitative estimate of drug-likeness (QED) is 0.385. The number of ether oxygens (including phenoxy) is 2. The van der Waals surface area contributed by atoms with E-state index in [0.717, 1.165) is 23.2 Å². The van der Waals surface area contributed by atoms with E-state index in [4.69, 9.17) is 21.1 Å². The molecule has 0 aliphatic carbocycles. The van der Waals surface area contributed by atoms with Crippen LogP contribution in [0.25, 0.3) is 11.1 Å². The molecule has 1 aliphatic rings. The molecular weight excluding hydrogens is 548 g/mol. The Morgan fingerprint density at radius 2 is 1.71 bits per heavy atom. The van der Waals surface area contributed by atoms with Crippen LogP contribution in [0.5, 0.6) is 0 Å². The number of esters is 1. The number of benzene rings is 2. The zero-order valence-electron chi connectivity index (χ0n) is 23.7. The first-order valence-electron chi connectivity index (χ1n) is 13.5. The topological polar surface area (TPSA) is 112 Å². The van der Waals surface area contributed by atoms with Crippen LogP contribution in [-0.4, -0.2) is 71.4 Å². The van der Waals surface area contributed by atoms with E-state index >= 15 is 0 Å². The van der Waals surface area contributed by atoms with Gasteiger partial charge in [0.15, 0.2) is 0 Å². The molecule has 0 saturated carbocycles. The Morgan fingerprint density at radius 3 is 2.37 bits per heavy atom. The van der Waals surface area contributed by atoms with Gasteiger partial charge in [-0.15, -0.1) is 0 Å². The second kappa shape index (κ2) is 13.3. The minimum Gasteiger partial charge on any atom is -0.463 e. The lowest BCUT2D eigenvalue weighted by Gasteiger charge is -2.26. The van der Waals surface area contributed by atoms with Crippen LogP contribution in [0.4, 0.5) is 0 Å². The van der Waals surface area contributed by atoms with Crippen molar-refractivity contribution in [1.82, 2.24) is 19.4 Å². The number of aryl methyl sites for hydroxylation is 1. The van der Waals surface area contributed by atoms with Crippen molar-refractivity contribution in [2.75, 3.05) is 39.5 Å². The monoisotopic (exact) mass is 582 g/mol. The van der Waals surface area contributed by atoms with Crippen molar-refractivity contribution in [2.45, 2.75) is 26.3 Å². The second-order valence-electron chi connectivity index (χ2n) is 10.1. The first-order chi connectivity index (χ1) is 19.6. The molecule has 4 rings (SSSR count). The minimum absolute atomic E-state index is 0.163. The summed E-state index contributed by atoms with van der Waals surface area (Å²) in [6.45, 7) is 7.09. The van der Waals surface area contributed by atoms with Gasteiger partial charge in [-0.25, -0.2) is 9.59 Å². The van der Waals surface area contributed by atoms with E-state index in [1.165, 1.54) is 11.6 Å². The Labute approximate surface area is 243 Å². The van der Waals surface area contributed by atoms with E-state index in [1.54, 1.807) is 63.4 Å². The zero-order chi connectivity index (χ0) is 29.7. The molecule has 3 aromatic rings. The maximum atomic E-state index is 13.2. The van der Waals surface area contributed by atoms with Crippen LogP contribution in [0.3, 0.4) is 0 Å². The van der Waals surface area contributed by atoms with Crippen molar-refractivity contribution in [1.29, 1.82) is 0 Å². The van der Waals surface area contributed by atoms with Gasteiger partial charge in [0.05, 0.1) is 29.4 Å². The predicted molar refractivity (Wildman–Crippen MR) is 156 cm³/mol. The SMILES string of the molecule is Cc1cccc(Cl)c1C(=O)N[C@@H](Cc1ccc(-c2c(C)n(C)c(=O)n(C)c2=O)cc1)C(=O)OCCN1CCOCC1. The third-order valence-corrected chi connectivity index (χ3v) is 7.75. The van der Waals surface area contributed by atoms with E-state index in [0.29, 0.717) is 52.7 Å². The van der Waals surface area contributed by atoms with Crippen LogP contribution < -0.4 is 16.6 Å². The molecule has 1 aliphatic heterocycles. The number of hydrogen-bond donors (Lipinski definition) is 1. The van der Waals surface area contributed by atoms with E-state index in [9.17, 15) is 19.2 Å². The maximum absolute atomic E-state index is 13.2. The lowest BCUT2D eigenvalue weighted by atomic mass is 10.00. The number of hydrogen-bond acceptors (Lipinski definition) is 7. The fraction of sp³-hybridized carbons (Fsp3) is 0.400. The van der Waals surface area contributed by atoms with Crippen molar-refractivity contribution >= 4 is 23.5 Å². The average molecular weight is 583 g/mol. The van der Waals surface area contributed by atoms with Crippen molar-refractivity contribution < 1.29 is 19.1 Å². The van der Waals surface area contributed by atoms with Gasteiger partial charge in [0, 0.05) is 45.8 Å². The van der Waals surface area contributed by atoms with Gasteiger partial charge >= 0.3 is 11.7 Å². The summed E-state index contributed by atoms with van der Waals surface area (Å²) in [4.78, 5) is 53.7. The van der Waals surface area contributed by atoms with Crippen molar-refractivity contribution in [2.24, 2.45) is 14.1 Å². The maximum Gasteiger partial charge on any atom is 0.330 e. The van der Waals surface area contributed by atoms with Gasteiger partial charge in [-0.05, 0) is 36.6 Å². The first-order valence-corrected chi connectivity index (χ1v) is 13.8. The Hall–Kier alpha value is -3.73. The molecule has 10 nitrogen and oxygen atoms in total. The number of nitrogens with zero attached hydrogens (tertiary/aromatic N) is 3. The highest BCUT2D eigenvalue weighted by atomic mass is 35.5. The zero-order valence-corrected chi connectivity index (χ0v) is 24.5. The molecule has 218 valence electrons. The Balaban J connectivity index is 1.55. The van der Waals surface area contributed by atoms with Crippen LogP contribution in [0.15, 0.2) is 52.1 Å². The van der Waals surface area contributed by atoms with Gasteiger partial charge in [-0.1, -0.05) is 48.0 Å². The number of aromatic nitrogens is 2. The van der Waals surface area contributed by atoms with E-state index in [2.05, 4.69) is 10.2 Å². The molecule has 41 heavy (non-hydrogen) atoms. The standard InChI is InChI=1S/C30H35ClN4O6/c1-19-6-5-7-23(31)25(19)27(36)32-24(29(38)41-17-14-35-12-15-40-16-13-35)18-21-8-10-22(11-9-21)26-20(2)33(3)30(39)34(4)28(26)37/h5-11,24H,12-18H2,1-4H3,(H,32,36)/t24-/m0/s1. The van der Waals surface area contributed by atoms with Crippen molar-refractivity contribution in [3.05, 3.63) is 90.7 Å². The van der Waals surface area contributed by atoms with Crippen LogP contribution in [-0.2, 0) is 34.8 Å². The molecule has 1 N–H and O–H groups in total. The van der Waals surface area contributed by atoms with E-state index < -0.39 is 23.6 Å². The smallest absolute Gasteiger partial charge is 0.330 e. The molecule has 1 saturated heterocycles. The lowest BCUT2D eigenvalue weighted by Crippen LogP contribution is -2.45. The third kappa shape index (κ3) is 6.95. The van der Waals surface area contributed by atoms with Gasteiger partial charge in [0.25, 0.3) is 11.5 Å². The summed E-state index contributed by atoms with van der Waals surface area (Å²) in [5.74, 6) is -1.02. The Kier molecular flexibility index (Phi) is 9.80. The third-order valence-electron chi connectivity index (χ3n) is 7.43. The molecular formula is C30H35ClN4O6. The summed E-state index contributed by atoms with van der Waals surface area (Å²) in [7, 11) is 3.06. The first kappa shape index (κ1) is 30.2. The second-order valence-corrected chi connectivity index (χ2v) is 10.6. The normalized spacial score (nSPS) is 14.5. The van der Waals surface area contributed by atoms with Crippen LogP contribution in [0.1, 0.15) is 27.2 Å². The molecule has 0 spiro atoms. The molecule has 0 unspecified atom stereocenters. The summed E-state index contributed by atoms with van der Waals surface area (Å²) >= 11 is 6.31. The fourth-order valence-corrected chi connectivity index (χ4v) is 5.17. The lowest BCUT2D eigenvalue weighted by molar-refractivity contribution is -0.146. The van der Waals surface area contributed by atoms with Gasteiger partial charge in [0.2, 0.25) is 0 Å². The molecule has 1 fully saturated rings. The highest BCUT2D eigenvalue weighted by molar-refractivity contribution is 6.34. The number of nitrogens with one attached hydrogen (secondary N) is 1. The van der Waals surface area contributed by atoms with Gasteiger partial charge in [-0.2, -0.15) is 0 Å².